The molecule has 1 aliphatic rings. The van der Waals surface area contributed by atoms with E-state index in [1.54, 1.807) is 0 Å². The maximum Gasteiger partial charge on any atom is 0.231 e. The fourth-order valence-electron chi connectivity index (χ4n) is 2.94. The van der Waals surface area contributed by atoms with E-state index in [0.29, 0.717) is 0 Å². The van der Waals surface area contributed by atoms with Crippen LogP contribution in [-0.4, -0.2) is 19.0 Å². The molecule has 1 saturated heterocycles. The molecule has 1 aromatic rings. The molecule has 0 aromatic heterocycles. The Morgan fingerprint density at radius 3 is 2.75 bits per heavy atom. The summed E-state index contributed by atoms with van der Waals surface area (Å²) in [5.41, 5.74) is 2.92. The van der Waals surface area contributed by atoms with Crippen LogP contribution in [0.3, 0.4) is 0 Å². The Bertz CT molecular complexity index is 484. The highest BCUT2D eigenvalue weighted by molar-refractivity contribution is 9.10. The molecule has 1 atom stereocenters. The molecule has 1 aliphatic heterocycles. The zero-order valence-corrected chi connectivity index (χ0v) is 14.1. The molecule has 0 saturated carbocycles. The SMILES string of the molecule is CCC1(C(=O)Nc2c(C)cc(C)cc2Br)CCCNC1. The lowest BCUT2D eigenvalue weighted by Gasteiger charge is -2.35. The molecule has 0 radical (unpaired) electrons. The average molecular weight is 339 g/mol. The number of carbonyl (C=O) groups excluding carboxylic acids is 1. The van der Waals surface area contributed by atoms with Crippen LogP contribution in [-0.2, 0) is 4.79 Å². The predicted molar refractivity (Wildman–Crippen MR) is 87.1 cm³/mol. The monoisotopic (exact) mass is 338 g/mol. The van der Waals surface area contributed by atoms with Crippen molar-refractivity contribution in [3.63, 3.8) is 0 Å². The van der Waals surface area contributed by atoms with E-state index in [1.165, 1.54) is 5.56 Å². The first kappa shape index (κ1) is 15.5. The number of nitrogens with one attached hydrogen (secondary N) is 2. The summed E-state index contributed by atoms with van der Waals surface area (Å²) in [4.78, 5) is 12.7. The van der Waals surface area contributed by atoms with Crippen molar-refractivity contribution in [3.8, 4) is 0 Å². The highest BCUT2D eigenvalue weighted by atomic mass is 79.9. The van der Waals surface area contributed by atoms with Crippen LogP contribution >= 0.6 is 15.9 Å². The van der Waals surface area contributed by atoms with Crippen LogP contribution in [0.5, 0.6) is 0 Å². The molecule has 1 heterocycles. The van der Waals surface area contributed by atoms with Gasteiger partial charge < -0.3 is 10.6 Å². The highest BCUT2D eigenvalue weighted by Gasteiger charge is 2.38. The van der Waals surface area contributed by atoms with Gasteiger partial charge in [0.05, 0.1) is 11.1 Å². The minimum absolute atomic E-state index is 0.139. The number of amides is 1. The second-order valence-corrected chi connectivity index (χ2v) is 6.66. The summed E-state index contributed by atoms with van der Waals surface area (Å²) in [7, 11) is 0. The average Bonchev–Trinajstić information content (AvgIpc) is 2.43. The second-order valence-electron chi connectivity index (χ2n) is 5.81. The van der Waals surface area contributed by atoms with E-state index in [4.69, 9.17) is 0 Å². The van der Waals surface area contributed by atoms with E-state index in [1.807, 2.05) is 13.0 Å². The predicted octanol–water partition coefficient (Wildman–Crippen LogP) is 3.78. The van der Waals surface area contributed by atoms with Crippen molar-refractivity contribution in [1.82, 2.24) is 5.32 Å². The topological polar surface area (TPSA) is 41.1 Å². The normalized spacial score (nSPS) is 22.6. The zero-order chi connectivity index (χ0) is 14.8. The van der Waals surface area contributed by atoms with Gasteiger partial charge in [-0.05, 0) is 72.8 Å². The third-order valence-corrected chi connectivity index (χ3v) is 4.93. The summed E-state index contributed by atoms with van der Waals surface area (Å²) in [6.07, 6.45) is 2.90. The summed E-state index contributed by atoms with van der Waals surface area (Å²) in [5.74, 6) is 0.139. The number of anilines is 1. The molecule has 3 nitrogen and oxygen atoms in total. The third kappa shape index (κ3) is 3.07. The highest BCUT2D eigenvalue weighted by Crippen LogP contribution is 2.34. The number of benzene rings is 1. The van der Waals surface area contributed by atoms with Gasteiger partial charge in [-0.15, -0.1) is 0 Å². The summed E-state index contributed by atoms with van der Waals surface area (Å²) < 4.78 is 0.957. The maximum absolute atomic E-state index is 12.7. The molecule has 4 heteroatoms. The zero-order valence-electron chi connectivity index (χ0n) is 12.5. The van der Waals surface area contributed by atoms with Crippen LogP contribution in [0.25, 0.3) is 0 Å². The van der Waals surface area contributed by atoms with E-state index < -0.39 is 0 Å². The summed E-state index contributed by atoms with van der Waals surface area (Å²) in [6, 6.07) is 4.14. The first-order valence-electron chi connectivity index (χ1n) is 7.27. The lowest BCUT2D eigenvalue weighted by Crippen LogP contribution is -2.47. The Labute approximate surface area is 129 Å². The standard InChI is InChI=1S/C16H23BrN2O/c1-4-16(6-5-7-18-10-16)15(20)19-14-12(3)8-11(2)9-13(14)17/h8-9,18H,4-7,10H2,1-3H3,(H,19,20). The Hall–Kier alpha value is -0.870. The Morgan fingerprint density at radius 1 is 1.45 bits per heavy atom. The molecule has 1 aromatic carbocycles. The second kappa shape index (κ2) is 6.27. The fourth-order valence-corrected chi connectivity index (χ4v) is 3.72. The molecule has 0 spiro atoms. The molecular formula is C16H23BrN2O. The minimum atomic E-state index is -0.269. The molecule has 2 N–H and O–H groups in total. The van der Waals surface area contributed by atoms with Gasteiger partial charge in [-0.1, -0.05) is 13.0 Å². The van der Waals surface area contributed by atoms with Gasteiger partial charge in [-0.3, -0.25) is 4.79 Å². The minimum Gasteiger partial charge on any atom is -0.324 e. The number of hydrogen-bond donors (Lipinski definition) is 2. The number of carbonyl (C=O) groups is 1. The van der Waals surface area contributed by atoms with Gasteiger partial charge in [0.25, 0.3) is 0 Å². The molecular weight excluding hydrogens is 316 g/mol. The van der Waals surface area contributed by atoms with Crippen molar-refractivity contribution >= 4 is 27.5 Å². The third-order valence-electron chi connectivity index (χ3n) is 4.30. The van der Waals surface area contributed by atoms with Crippen LogP contribution in [0.2, 0.25) is 0 Å². The van der Waals surface area contributed by atoms with E-state index in [2.05, 4.69) is 46.5 Å². The molecule has 20 heavy (non-hydrogen) atoms. The van der Waals surface area contributed by atoms with Gasteiger partial charge in [0, 0.05) is 11.0 Å². The number of hydrogen-bond acceptors (Lipinski definition) is 2. The number of aryl methyl sites for hydroxylation is 2. The number of piperidine rings is 1. The number of rotatable bonds is 3. The first-order valence-corrected chi connectivity index (χ1v) is 8.07. The number of halogens is 1. The van der Waals surface area contributed by atoms with Crippen molar-refractivity contribution in [3.05, 3.63) is 27.7 Å². The largest absolute Gasteiger partial charge is 0.324 e. The summed E-state index contributed by atoms with van der Waals surface area (Å²) in [5, 5.41) is 6.50. The van der Waals surface area contributed by atoms with Gasteiger partial charge in [0.1, 0.15) is 0 Å². The summed E-state index contributed by atoms with van der Waals surface area (Å²) in [6.45, 7) is 7.98. The lowest BCUT2D eigenvalue weighted by molar-refractivity contribution is -0.126. The van der Waals surface area contributed by atoms with Gasteiger partial charge in [-0.2, -0.15) is 0 Å². The molecule has 1 unspecified atom stereocenters. The molecule has 0 bridgehead atoms. The maximum atomic E-state index is 12.7. The van der Waals surface area contributed by atoms with Gasteiger partial charge in [0.2, 0.25) is 5.91 Å². The molecule has 1 fully saturated rings. The van der Waals surface area contributed by atoms with Gasteiger partial charge in [0.15, 0.2) is 0 Å². The first-order chi connectivity index (χ1) is 9.48. The van der Waals surface area contributed by atoms with Crippen molar-refractivity contribution in [2.75, 3.05) is 18.4 Å². The van der Waals surface area contributed by atoms with Crippen LogP contribution in [0.4, 0.5) is 5.69 Å². The Morgan fingerprint density at radius 2 is 2.20 bits per heavy atom. The van der Waals surface area contributed by atoms with Crippen LogP contribution in [0, 0.1) is 19.3 Å². The summed E-state index contributed by atoms with van der Waals surface area (Å²) >= 11 is 3.56. The lowest BCUT2D eigenvalue weighted by atomic mass is 9.77. The van der Waals surface area contributed by atoms with E-state index in [9.17, 15) is 4.79 Å². The van der Waals surface area contributed by atoms with Gasteiger partial charge >= 0.3 is 0 Å². The van der Waals surface area contributed by atoms with E-state index in [-0.39, 0.29) is 11.3 Å². The van der Waals surface area contributed by atoms with Crippen LogP contribution in [0.1, 0.15) is 37.3 Å². The molecule has 2 rings (SSSR count). The van der Waals surface area contributed by atoms with Crippen molar-refractivity contribution < 1.29 is 4.79 Å². The van der Waals surface area contributed by atoms with Gasteiger partial charge in [-0.25, -0.2) is 0 Å². The van der Waals surface area contributed by atoms with Crippen molar-refractivity contribution in [1.29, 1.82) is 0 Å². The van der Waals surface area contributed by atoms with E-state index >= 15 is 0 Å². The molecule has 1 amide bonds. The molecule has 110 valence electrons. The quantitative estimate of drug-likeness (QED) is 0.880. The van der Waals surface area contributed by atoms with Crippen LogP contribution < -0.4 is 10.6 Å². The smallest absolute Gasteiger partial charge is 0.231 e. The van der Waals surface area contributed by atoms with Crippen molar-refractivity contribution in [2.45, 2.75) is 40.0 Å². The fraction of sp³-hybridized carbons (Fsp3) is 0.562. The molecule has 0 aliphatic carbocycles. The van der Waals surface area contributed by atoms with E-state index in [0.717, 1.165) is 48.1 Å². The Kier molecular flexibility index (Phi) is 4.86. The van der Waals surface area contributed by atoms with Crippen molar-refractivity contribution in [2.24, 2.45) is 5.41 Å². The Balaban J connectivity index is 2.23. The van der Waals surface area contributed by atoms with Crippen LogP contribution in [0.15, 0.2) is 16.6 Å².